The molecule has 0 fully saturated rings. The van der Waals surface area contributed by atoms with Gasteiger partial charge in [0.2, 0.25) is 0 Å². The fourth-order valence-corrected chi connectivity index (χ4v) is 3.75. The van der Waals surface area contributed by atoms with E-state index in [1.165, 1.54) is 12.1 Å². The average molecular weight is 434 g/mol. The lowest BCUT2D eigenvalue weighted by Gasteiger charge is -2.29. The second-order valence-corrected chi connectivity index (χ2v) is 8.42. The molecule has 7 heteroatoms. The average Bonchev–Trinajstić information content (AvgIpc) is 2.69. The van der Waals surface area contributed by atoms with Gasteiger partial charge >= 0.3 is 12.1 Å². The van der Waals surface area contributed by atoms with Crippen molar-refractivity contribution in [3.05, 3.63) is 59.2 Å². The molecule has 4 nitrogen and oxygen atoms in total. The van der Waals surface area contributed by atoms with Crippen molar-refractivity contribution in [2.24, 2.45) is 0 Å². The van der Waals surface area contributed by atoms with Crippen molar-refractivity contribution in [2.45, 2.75) is 51.5 Å². The highest BCUT2D eigenvalue weighted by Crippen LogP contribution is 2.45. The molecular weight excluding hydrogens is 409 g/mol. The first-order chi connectivity index (χ1) is 14.4. The van der Waals surface area contributed by atoms with Gasteiger partial charge in [0.25, 0.3) is 0 Å². The summed E-state index contributed by atoms with van der Waals surface area (Å²) in [6, 6.07) is 7.31. The Hall–Kier alpha value is -2.80. The Morgan fingerprint density at radius 3 is 2.52 bits per heavy atom. The van der Waals surface area contributed by atoms with Crippen LogP contribution in [0.3, 0.4) is 0 Å². The number of aliphatic carboxylic acids is 1. The highest BCUT2D eigenvalue weighted by molar-refractivity contribution is 5.86. The van der Waals surface area contributed by atoms with Crippen molar-refractivity contribution in [2.75, 3.05) is 6.61 Å². The number of rotatable bonds is 5. The zero-order valence-electron chi connectivity index (χ0n) is 17.7. The number of aryl methyl sites for hydroxylation is 1. The van der Waals surface area contributed by atoms with Crippen LogP contribution in [0.5, 0.6) is 5.75 Å². The molecule has 0 saturated heterocycles. The lowest BCUT2D eigenvalue weighted by Crippen LogP contribution is -2.29. The van der Waals surface area contributed by atoms with Gasteiger partial charge in [-0.2, -0.15) is 13.2 Å². The van der Waals surface area contributed by atoms with Crippen molar-refractivity contribution in [3.63, 3.8) is 0 Å². The monoisotopic (exact) mass is 434 g/mol. The Labute approximate surface area is 179 Å². The van der Waals surface area contributed by atoms with E-state index in [9.17, 15) is 23.1 Å². The first-order valence-electron chi connectivity index (χ1n) is 9.95. The van der Waals surface area contributed by atoms with Crippen LogP contribution in [-0.2, 0) is 22.1 Å². The normalized spacial score (nSPS) is 15.0. The second kappa shape index (κ2) is 8.38. The van der Waals surface area contributed by atoms with Crippen LogP contribution >= 0.6 is 0 Å². The molecule has 0 aromatic heterocycles. The number of fused-ring (bicyclic) bond motifs is 1. The number of carboxylic acids is 1. The molecular formula is C24H25F3O4. The number of ether oxygens (including phenoxy) is 2. The Morgan fingerprint density at radius 1 is 1.23 bits per heavy atom. The topological polar surface area (TPSA) is 55.8 Å². The summed E-state index contributed by atoms with van der Waals surface area (Å²) >= 11 is 0. The van der Waals surface area contributed by atoms with Crippen LogP contribution in [0.25, 0.3) is 17.2 Å². The number of benzene rings is 2. The van der Waals surface area contributed by atoms with Gasteiger partial charge in [-0.25, -0.2) is 4.79 Å². The van der Waals surface area contributed by atoms with E-state index in [2.05, 4.69) is 6.58 Å². The maximum atomic E-state index is 14.0. The van der Waals surface area contributed by atoms with Crippen LogP contribution in [-0.4, -0.2) is 23.3 Å². The summed E-state index contributed by atoms with van der Waals surface area (Å²) in [5, 5.41) is 9.87. The largest absolute Gasteiger partial charge is 0.493 e. The summed E-state index contributed by atoms with van der Waals surface area (Å²) in [5.41, 5.74) is -0.590. The van der Waals surface area contributed by atoms with E-state index in [0.717, 1.165) is 24.5 Å². The predicted molar refractivity (Wildman–Crippen MR) is 112 cm³/mol. The van der Waals surface area contributed by atoms with Crippen LogP contribution in [0.4, 0.5) is 13.2 Å². The molecule has 2 aromatic carbocycles. The lowest BCUT2D eigenvalue weighted by atomic mass is 9.86. The molecule has 1 N–H and O–H groups in total. The molecule has 31 heavy (non-hydrogen) atoms. The maximum Gasteiger partial charge on any atom is 0.416 e. The van der Waals surface area contributed by atoms with Crippen molar-refractivity contribution in [1.29, 1.82) is 0 Å². The van der Waals surface area contributed by atoms with Gasteiger partial charge in [0.15, 0.2) is 6.10 Å². The van der Waals surface area contributed by atoms with Gasteiger partial charge in [-0.05, 0) is 74.1 Å². The summed E-state index contributed by atoms with van der Waals surface area (Å²) < 4.78 is 53.3. The molecule has 0 spiro atoms. The van der Waals surface area contributed by atoms with Crippen LogP contribution in [0, 0.1) is 0 Å². The molecule has 2 aromatic rings. The van der Waals surface area contributed by atoms with E-state index in [-0.39, 0.29) is 5.56 Å². The third-order valence-electron chi connectivity index (χ3n) is 4.96. The van der Waals surface area contributed by atoms with E-state index in [1.807, 2.05) is 0 Å². The molecule has 1 aliphatic rings. The molecule has 1 heterocycles. The minimum Gasteiger partial charge on any atom is -0.493 e. The predicted octanol–water partition coefficient (Wildman–Crippen LogP) is 6.28. The number of alkyl halides is 3. The van der Waals surface area contributed by atoms with Gasteiger partial charge in [0.1, 0.15) is 5.75 Å². The van der Waals surface area contributed by atoms with Crippen molar-refractivity contribution in [3.8, 4) is 16.9 Å². The number of hydrogen-bond acceptors (Lipinski definition) is 3. The summed E-state index contributed by atoms with van der Waals surface area (Å²) in [7, 11) is 0. The third-order valence-corrected chi connectivity index (χ3v) is 4.96. The summed E-state index contributed by atoms with van der Waals surface area (Å²) in [6.45, 7) is 9.11. The van der Waals surface area contributed by atoms with Gasteiger partial charge in [0.05, 0.1) is 17.8 Å². The summed E-state index contributed by atoms with van der Waals surface area (Å²) in [6.07, 6.45) is -3.65. The third kappa shape index (κ3) is 4.93. The van der Waals surface area contributed by atoms with Crippen molar-refractivity contribution in [1.82, 2.24) is 0 Å². The maximum absolute atomic E-state index is 14.0. The summed E-state index contributed by atoms with van der Waals surface area (Å²) in [4.78, 5) is 12.1. The molecule has 0 amide bonds. The zero-order chi connectivity index (χ0) is 23.0. The minimum absolute atomic E-state index is 0.148. The van der Waals surface area contributed by atoms with Crippen LogP contribution < -0.4 is 4.74 Å². The van der Waals surface area contributed by atoms with Gasteiger partial charge in [0, 0.05) is 5.56 Å². The fraction of sp³-hybridized carbons (Fsp3) is 0.375. The van der Waals surface area contributed by atoms with E-state index in [1.54, 1.807) is 39.0 Å². The van der Waals surface area contributed by atoms with E-state index in [4.69, 9.17) is 9.47 Å². The number of halogens is 3. The van der Waals surface area contributed by atoms with Crippen LogP contribution in [0.15, 0.2) is 36.9 Å². The first kappa shape index (κ1) is 22.9. The van der Waals surface area contributed by atoms with Crippen molar-refractivity contribution < 1.29 is 32.5 Å². The number of hydrogen-bond donors (Lipinski definition) is 1. The molecule has 166 valence electrons. The minimum atomic E-state index is -4.77. The molecule has 0 bridgehead atoms. The fourth-order valence-electron chi connectivity index (χ4n) is 3.75. The molecule has 0 saturated carbocycles. The van der Waals surface area contributed by atoms with Crippen LogP contribution in [0.2, 0.25) is 0 Å². The second-order valence-electron chi connectivity index (χ2n) is 8.42. The SMILES string of the molecule is C=Cc1ccc(C(F)(F)F)c(C(OC(C)(C)C)C(=O)O)c1-c1ccc2c(c1)CCCO2. The Morgan fingerprint density at radius 2 is 1.94 bits per heavy atom. The Bertz CT molecular complexity index is 1000. The standard InChI is InChI=1S/C24H25F3O4/c1-5-14-8-10-17(24(25,26)27)20(21(22(28)29)31-23(2,3)4)19(14)16-9-11-18-15(13-16)7-6-12-30-18/h5,8-11,13,21H,1,6-7,12H2,2-4H3,(H,28,29). The van der Waals surface area contributed by atoms with Gasteiger partial charge in [-0.1, -0.05) is 24.8 Å². The van der Waals surface area contributed by atoms with Gasteiger partial charge in [-0.15, -0.1) is 0 Å². The summed E-state index contributed by atoms with van der Waals surface area (Å²) in [5.74, 6) is -0.811. The van der Waals surface area contributed by atoms with Gasteiger partial charge in [-0.3, -0.25) is 0 Å². The molecule has 1 aliphatic heterocycles. The van der Waals surface area contributed by atoms with Gasteiger partial charge < -0.3 is 14.6 Å². The zero-order valence-corrected chi connectivity index (χ0v) is 17.7. The molecule has 0 aliphatic carbocycles. The quantitative estimate of drug-likeness (QED) is 0.602. The molecule has 0 radical (unpaired) electrons. The molecule has 1 atom stereocenters. The highest BCUT2D eigenvalue weighted by Gasteiger charge is 2.41. The Balaban J connectivity index is 2.36. The lowest BCUT2D eigenvalue weighted by molar-refractivity contribution is -0.163. The number of carbonyl (C=O) groups is 1. The molecule has 3 rings (SSSR count). The van der Waals surface area contributed by atoms with E-state index < -0.39 is 35.0 Å². The van der Waals surface area contributed by atoms with Crippen molar-refractivity contribution >= 4 is 12.0 Å². The van der Waals surface area contributed by atoms with E-state index in [0.29, 0.717) is 23.5 Å². The first-order valence-corrected chi connectivity index (χ1v) is 9.95. The molecule has 1 unspecified atom stereocenters. The smallest absolute Gasteiger partial charge is 0.416 e. The van der Waals surface area contributed by atoms with Crippen LogP contribution in [0.1, 0.15) is 55.5 Å². The van der Waals surface area contributed by atoms with E-state index >= 15 is 0 Å². The Kier molecular flexibility index (Phi) is 6.18. The number of carboxylic acid groups (broad SMARTS) is 1. The highest BCUT2D eigenvalue weighted by atomic mass is 19.4.